The highest BCUT2D eigenvalue weighted by Gasteiger charge is 2.33. The highest BCUT2D eigenvalue weighted by atomic mass is 79.9. The summed E-state index contributed by atoms with van der Waals surface area (Å²) in [5.74, 6) is 1.26. The van der Waals surface area contributed by atoms with E-state index in [9.17, 15) is 9.59 Å². The first-order chi connectivity index (χ1) is 13.7. The van der Waals surface area contributed by atoms with Gasteiger partial charge in [-0.1, -0.05) is 15.9 Å². The predicted octanol–water partition coefficient (Wildman–Crippen LogP) is 5.34. The Bertz CT molecular complexity index is 701. The van der Waals surface area contributed by atoms with Crippen LogP contribution < -0.4 is 5.32 Å². The monoisotopic (exact) mass is 465 g/mol. The van der Waals surface area contributed by atoms with E-state index in [2.05, 4.69) is 21.2 Å². The molecule has 3 amide bonds. The third-order valence-corrected chi connectivity index (χ3v) is 6.31. The van der Waals surface area contributed by atoms with Gasteiger partial charge < -0.3 is 19.9 Å². The van der Waals surface area contributed by atoms with Gasteiger partial charge >= 0.3 is 12.1 Å². The quantitative estimate of drug-likeness (QED) is 0.640. The molecule has 2 aliphatic rings. The van der Waals surface area contributed by atoms with Gasteiger partial charge in [0.25, 0.3) is 0 Å². The molecule has 0 aromatic heterocycles. The lowest BCUT2D eigenvalue weighted by atomic mass is 9.79. The van der Waals surface area contributed by atoms with Crippen molar-refractivity contribution >= 4 is 33.7 Å². The Morgan fingerprint density at radius 2 is 1.41 bits per heavy atom. The van der Waals surface area contributed by atoms with E-state index in [0.717, 1.165) is 62.0 Å². The molecule has 7 heteroatoms. The number of halogens is 1. The van der Waals surface area contributed by atoms with Gasteiger partial charge in [-0.3, -0.25) is 0 Å². The number of rotatable bonds is 2. The van der Waals surface area contributed by atoms with Gasteiger partial charge in [0, 0.05) is 36.3 Å². The number of anilines is 1. The van der Waals surface area contributed by atoms with Crippen LogP contribution >= 0.6 is 15.9 Å². The van der Waals surface area contributed by atoms with E-state index >= 15 is 0 Å². The molecule has 0 aliphatic carbocycles. The molecule has 29 heavy (non-hydrogen) atoms. The zero-order valence-electron chi connectivity index (χ0n) is 17.6. The summed E-state index contributed by atoms with van der Waals surface area (Å²) in [7, 11) is 0. The molecule has 2 fully saturated rings. The number of urea groups is 1. The zero-order chi connectivity index (χ0) is 21.0. The molecule has 2 saturated heterocycles. The minimum Gasteiger partial charge on any atom is -0.444 e. The number of piperidine rings is 2. The molecule has 0 unspecified atom stereocenters. The first-order valence-corrected chi connectivity index (χ1v) is 11.3. The summed E-state index contributed by atoms with van der Waals surface area (Å²) >= 11 is 3.41. The predicted molar refractivity (Wildman–Crippen MR) is 118 cm³/mol. The summed E-state index contributed by atoms with van der Waals surface area (Å²) in [4.78, 5) is 28.5. The van der Waals surface area contributed by atoms with Crippen LogP contribution in [0.2, 0.25) is 0 Å². The maximum absolute atomic E-state index is 12.5. The Morgan fingerprint density at radius 1 is 0.931 bits per heavy atom. The second-order valence-corrected chi connectivity index (χ2v) is 9.98. The van der Waals surface area contributed by atoms with Gasteiger partial charge in [-0.05, 0) is 82.6 Å². The van der Waals surface area contributed by atoms with Gasteiger partial charge in [0.2, 0.25) is 0 Å². The molecular weight excluding hydrogens is 434 g/mol. The second-order valence-electron chi connectivity index (χ2n) is 9.07. The van der Waals surface area contributed by atoms with Crippen LogP contribution in [0.15, 0.2) is 28.7 Å². The molecule has 0 spiro atoms. The van der Waals surface area contributed by atoms with Crippen molar-refractivity contribution in [2.75, 3.05) is 31.5 Å². The van der Waals surface area contributed by atoms with Crippen LogP contribution in [0.3, 0.4) is 0 Å². The number of hydrogen-bond donors (Lipinski definition) is 1. The molecule has 3 rings (SSSR count). The van der Waals surface area contributed by atoms with Crippen LogP contribution in [0, 0.1) is 11.8 Å². The molecule has 1 aromatic carbocycles. The summed E-state index contributed by atoms with van der Waals surface area (Å²) in [6, 6.07) is 7.61. The highest BCUT2D eigenvalue weighted by Crippen LogP contribution is 2.33. The molecule has 2 aliphatic heterocycles. The van der Waals surface area contributed by atoms with Gasteiger partial charge in [-0.25, -0.2) is 9.59 Å². The van der Waals surface area contributed by atoms with Gasteiger partial charge in [-0.2, -0.15) is 0 Å². The normalized spacial score (nSPS) is 19.2. The lowest BCUT2D eigenvalue weighted by Gasteiger charge is -2.40. The zero-order valence-corrected chi connectivity index (χ0v) is 19.2. The average molecular weight is 466 g/mol. The van der Waals surface area contributed by atoms with Crippen LogP contribution in [0.5, 0.6) is 0 Å². The van der Waals surface area contributed by atoms with Crippen molar-refractivity contribution in [1.82, 2.24) is 9.80 Å². The van der Waals surface area contributed by atoms with Crippen molar-refractivity contribution < 1.29 is 14.3 Å². The number of amides is 3. The number of likely N-dealkylation sites (tertiary alicyclic amines) is 2. The maximum Gasteiger partial charge on any atom is 0.410 e. The first-order valence-electron chi connectivity index (χ1n) is 10.5. The Morgan fingerprint density at radius 3 is 1.90 bits per heavy atom. The topological polar surface area (TPSA) is 61.9 Å². The van der Waals surface area contributed by atoms with Crippen molar-refractivity contribution in [3.05, 3.63) is 28.7 Å². The number of hydrogen-bond acceptors (Lipinski definition) is 3. The van der Waals surface area contributed by atoms with Gasteiger partial charge in [0.1, 0.15) is 5.60 Å². The Hall–Kier alpha value is -1.76. The van der Waals surface area contributed by atoms with E-state index in [0.29, 0.717) is 11.8 Å². The largest absolute Gasteiger partial charge is 0.444 e. The minimum absolute atomic E-state index is 0.0227. The standard InChI is InChI=1S/C22H32BrN3O3/c1-22(2,3)29-21(28)26-14-10-17(11-15-26)16-8-12-25(13-9-16)20(27)24-19-6-4-18(23)5-7-19/h4-7,16-17H,8-15H2,1-3H3,(H,24,27). The molecule has 6 nitrogen and oxygen atoms in total. The van der Waals surface area contributed by atoms with E-state index in [1.807, 2.05) is 54.8 Å². The fourth-order valence-electron chi connectivity index (χ4n) is 4.19. The molecule has 0 bridgehead atoms. The van der Waals surface area contributed by atoms with E-state index in [4.69, 9.17) is 4.74 Å². The lowest BCUT2D eigenvalue weighted by Crippen LogP contribution is -2.46. The molecule has 1 aromatic rings. The molecule has 2 heterocycles. The van der Waals surface area contributed by atoms with Crippen LogP contribution in [-0.4, -0.2) is 53.7 Å². The summed E-state index contributed by atoms with van der Waals surface area (Å²) in [5.41, 5.74) is 0.368. The fraction of sp³-hybridized carbons (Fsp3) is 0.636. The number of benzene rings is 1. The Balaban J connectivity index is 1.41. The highest BCUT2D eigenvalue weighted by molar-refractivity contribution is 9.10. The van der Waals surface area contributed by atoms with Crippen LogP contribution in [0.4, 0.5) is 15.3 Å². The number of nitrogens with one attached hydrogen (secondary N) is 1. The summed E-state index contributed by atoms with van der Waals surface area (Å²) in [6.07, 6.45) is 3.91. The number of carbonyl (C=O) groups is 2. The van der Waals surface area contributed by atoms with E-state index in [1.54, 1.807) is 0 Å². The van der Waals surface area contributed by atoms with Crippen molar-refractivity contribution in [2.24, 2.45) is 11.8 Å². The number of carbonyl (C=O) groups excluding carboxylic acids is 2. The summed E-state index contributed by atoms with van der Waals surface area (Å²) in [6.45, 7) is 8.82. The van der Waals surface area contributed by atoms with E-state index in [-0.39, 0.29) is 12.1 Å². The van der Waals surface area contributed by atoms with E-state index in [1.165, 1.54) is 0 Å². The first kappa shape index (κ1) is 21.9. The van der Waals surface area contributed by atoms with E-state index < -0.39 is 5.60 Å². The van der Waals surface area contributed by atoms with Crippen LogP contribution in [-0.2, 0) is 4.74 Å². The summed E-state index contributed by atoms with van der Waals surface area (Å²) < 4.78 is 6.48. The molecule has 0 radical (unpaired) electrons. The van der Waals surface area contributed by atoms with Crippen molar-refractivity contribution in [1.29, 1.82) is 0 Å². The summed E-state index contributed by atoms with van der Waals surface area (Å²) in [5, 5.41) is 2.98. The van der Waals surface area contributed by atoms with Gasteiger partial charge in [0.15, 0.2) is 0 Å². The van der Waals surface area contributed by atoms with Crippen molar-refractivity contribution in [3.8, 4) is 0 Å². The van der Waals surface area contributed by atoms with Gasteiger partial charge in [0.05, 0.1) is 0 Å². The second kappa shape index (κ2) is 9.37. The molecule has 0 saturated carbocycles. The van der Waals surface area contributed by atoms with Crippen molar-refractivity contribution in [2.45, 2.75) is 52.1 Å². The molecule has 1 N–H and O–H groups in total. The van der Waals surface area contributed by atoms with Gasteiger partial charge in [-0.15, -0.1) is 0 Å². The molecule has 0 atom stereocenters. The lowest BCUT2D eigenvalue weighted by molar-refractivity contribution is 0.0141. The maximum atomic E-state index is 12.5. The Kier molecular flexibility index (Phi) is 7.09. The number of ether oxygens (including phenoxy) is 1. The smallest absolute Gasteiger partial charge is 0.410 e. The SMILES string of the molecule is CC(C)(C)OC(=O)N1CCC(C2CCN(C(=O)Nc3ccc(Br)cc3)CC2)CC1. The Labute approximate surface area is 182 Å². The molecular formula is C22H32BrN3O3. The number of nitrogens with zero attached hydrogens (tertiary/aromatic N) is 2. The van der Waals surface area contributed by atoms with Crippen molar-refractivity contribution in [3.63, 3.8) is 0 Å². The average Bonchev–Trinajstić information content (AvgIpc) is 2.69. The minimum atomic E-state index is -0.447. The third-order valence-electron chi connectivity index (χ3n) is 5.78. The molecule has 160 valence electrons. The third kappa shape index (κ3) is 6.36. The van der Waals surface area contributed by atoms with Crippen LogP contribution in [0.25, 0.3) is 0 Å². The fourth-order valence-corrected chi connectivity index (χ4v) is 4.45. The van der Waals surface area contributed by atoms with Crippen LogP contribution in [0.1, 0.15) is 46.5 Å².